The molecular formula is C13H20N2O. The molecule has 0 unspecified atom stereocenters. The Balaban J connectivity index is 1.99. The standard InChI is InChI=1S/C13H20N2O/c1-15(2)11-8-6-10(7-9-11)14-12-4-3-5-13(12)16/h6-9,12-14,16H,3-5H2,1-2H3/t12-,13-/m1/s1. The zero-order valence-electron chi connectivity index (χ0n) is 9.98. The summed E-state index contributed by atoms with van der Waals surface area (Å²) in [5.74, 6) is 0. The molecule has 0 saturated heterocycles. The van der Waals surface area contributed by atoms with Gasteiger partial charge in [-0.25, -0.2) is 0 Å². The molecule has 88 valence electrons. The monoisotopic (exact) mass is 220 g/mol. The second-order valence-electron chi connectivity index (χ2n) is 4.69. The van der Waals surface area contributed by atoms with Crippen molar-refractivity contribution in [3.63, 3.8) is 0 Å². The topological polar surface area (TPSA) is 35.5 Å². The van der Waals surface area contributed by atoms with Gasteiger partial charge in [0.2, 0.25) is 0 Å². The SMILES string of the molecule is CN(C)c1ccc(N[C@@H]2CCC[C@H]2O)cc1. The number of aliphatic hydroxyl groups excluding tert-OH is 1. The molecule has 0 amide bonds. The quantitative estimate of drug-likeness (QED) is 0.818. The summed E-state index contributed by atoms with van der Waals surface area (Å²) in [6.45, 7) is 0. The molecule has 0 aliphatic heterocycles. The van der Waals surface area contributed by atoms with Crippen LogP contribution in [0.25, 0.3) is 0 Å². The minimum absolute atomic E-state index is 0.187. The highest BCUT2D eigenvalue weighted by Crippen LogP contribution is 2.24. The van der Waals surface area contributed by atoms with Crippen molar-refractivity contribution >= 4 is 11.4 Å². The number of nitrogens with one attached hydrogen (secondary N) is 1. The summed E-state index contributed by atoms with van der Waals surface area (Å²) in [6, 6.07) is 8.54. The molecule has 1 aliphatic carbocycles. The third kappa shape index (κ3) is 2.47. The van der Waals surface area contributed by atoms with Crippen LogP contribution in [0.5, 0.6) is 0 Å². The highest BCUT2D eigenvalue weighted by molar-refractivity contribution is 5.54. The molecule has 2 atom stereocenters. The van der Waals surface area contributed by atoms with Crippen LogP contribution in [-0.2, 0) is 0 Å². The molecule has 1 saturated carbocycles. The fourth-order valence-electron chi connectivity index (χ4n) is 2.18. The molecule has 16 heavy (non-hydrogen) atoms. The van der Waals surface area contributed by atoms with Crippen molar-refractivity contribution < 1.29 is 5.11 Å². The van der Waals surface area contributed by atoms with Crippen LogP contribution in [0.4, 0.5) is 11.4 Å². The molecule has 3 nitrogen and oxygen atoms in total. The lowest BCUT2D eigenvalue weighted by atomic mass is 10.2. The Bertz CT molecular complexity index is 334. The molecule has 1 fully saturated rings. The van der Waals surface area contributed by atoms with E-state index >= 15 is 0 Å². The second-order valence-corrected chi connectivity index (χ2v) is 4.69. The van der Waals surface area contributed by atoms with Gasteiger partial charge in [0.15, 0.2) is 0 Å². The number of nitrogens with zero attached hydrogens (tertiary/aromatic N) is 1. The summed E-state index contributed by atoms with van der Waals surface area (Å²) >= 11 is 0. The maximum atomic E-state index is 9.72. The molecule has 3 heteroatoms. The van der Waals surface area contributed by atoms with Crippen LogP contribution in [0.15, 0.2) is 24.3 Å². The van der Waals surface area contributed by atoms with Gasteiger partial charge < -0.3 is 15.3 Å². The Hall–Kier alpha value is -1.22. The second kappa shape index (κ2) is 4.74. The first kappa shape index (κ1) is 11.3. The first-order chi connectivity index (χ1) is 7.66. The Morgan fingerprint density at radius 2 is 1.88 bits per heavy atom. The Morgan fingerprint density at radius 3 is 2.38 bits per heavy atom. The Morgan fingerprint density at radius 1 is 1.19 bits per heavy atom. The highest BCUT2D eigenvalue weighted by Gasteiger charge is 2.24. The smallest absolute Gasteiger partial charge is 0.0741 e. The zero-order valence-corrected chi connectivity index (χ0v) is 9.98. The number of benzene rings is 1. The van der Waals surface area contributed by atoms with Gasteiger partial charge in [0.25, 0.3) is 0 Å². The highest BCUT2D eigenvalue weighted by atomic mass is 16.3. The molecule has 0 radical (unpaired) electrons. The molecule has 0 aromatic heterocycles. The van der Waals surface area contributed by atoms with Gasteiger partial charge in [-0.3, -0.25) is 0 Å². The van der Waals surface area contributed by atoms with E-state index in [4.69, 9.17) is 0 Å². The van der Waals surface area contributed by atoms with E-state index in [1.807, 2.05) is 14.1 Å². The molecule has 1 aliphatic rings. The van der Waals surface area contributed by atoms with Gasteiger partial charge in [-0.15, -0.1) is 0 Å². The summed E-state index contributed by atoms with van der Waals surface area (Å²) in [7, 11) is 4.06. The van der Waals surface area contributed by atoms with E-state index in [0.717, 1.165) is 24.9 Å². The third-order valence-electron chi connectivity index (χ3n) is 3.22. The van der Waals surface area contributed by atoms with E-state index in [1.54, 1.807) is 0 Å². The predicted octanol–water partition coefficient (Wildman–Crippen LogP) is 2.08. The van der Waals surface area contributed by atoms with E-state index in [9.17, 15) is 5.11 Å². The zero-order chi connectivity index (χ0) is 11.5. The third-order valence-corrected chi connectivity index (χ3v) is 3.22. The maximum absolute atomic E-state index is 9.72. The van der Waals surface area contributed by atoms with Gasteiger partial charge in [0.05, 0.1) is 12.1 Å². The molecule has 2 rings (SSSR count). The van der Waals surface area contributed by atoms with Gasteiger partial charge in [0.1, 0.15) is 0 Å². The first-order valence-electron chi connectivity index (χ1n) is 5.89. The fraction of sp³-hybridized carbons (Fsp3) is 0.538. The van der Waals surface area contributed by atoms with Crippen LogP contribution >= 0.6 is 0 Å². The van der Waals surface area contributed by atoms with Crippen LogP contribution < -0.4 is 10.2 Å². The Labute approximate surface area is 97.1 Å². The summed E-state index contributed by atoms with van der Waals surface area (Å²) < 4.78 is 0. The lowest BCUT2D eigenvalue weighted by Gasteiger charge is -2.19. The first-order valence-corrected chi connectivity index (χ1v) is 5.89. The van der Waals surface area contributed by atoms with Gasteiger partial charge in [-0.2, -0.15) is 0 Å². The van der Waals surface area contributed by atoms with Crippen LogP contribution in [0.3, 0.4) is 0 Å². The molecular weight excluding hydrogens is 200 g/mol. The molecule has 2 N–H and O–H groups in total. The van der Waals surface area contributed by atoms with Crippen molar-refractivity contribution in [3.8, 4) is 0 Å². The lowest BCUT2D eigenvalue weighted by Crippen LogP contribution is -2.27. The summed E-state index contributed by atoms with van der Waals surface area (Å²) in [5, 5.41) is 13.1. The van der Waals surface area contributed by atoms with Crippen molar-refractivity contribution in [1.29, 1.82) is 0 Å². The van der Waals surface area contributed by atoms with Crippen LogP contribution in [0, 0.1) is 0 Å². The van der Waals surface area contributed by atoms with Gasteiger partial charge >= 0.3 is 0 Å². The largest absolute Gasteiger partial charge is 0.391 e. The minimum atomic E-state index is -0.187. The number of aliphatic hydroxyl groups is 1. The summed E-state index contributed by atoms with van der Waals surface area (Å²) in [6.07, 6.45) is 2.92. The van der Waals surface area contributed by atoms with Crippen molar-refractivity contribution in [2.24, 2.45) is 0 Å². The number of anilines is 2. The van der Waals surface area contributed by atoms with Crippen molar-refractivity contribution in [1.82, 2.24) is 0 Å². The van der Waals surface area contributed by atoms with E-state index in [2.05, 4.69) is 34.5 Å². The van der Waals surface area contributed by atoms with Crippen LogP contribution in [-0.4, -0.2) is 31.3 Å². The average molecular weight is 220 g/mol. The van der Waals surface area contributed by atoms with E-state index in [0.29, 0.717) is 0 Å². The van der Waals surface area contributed by atoms with Crippen LogP contribution in [0.2, 0.25) is 0 Å². The number of rotatable bonds is 3. The lowest BCUT2D eigenvalue weighted by molar-refractivity contribution is 0.172. The number of hydrogen-bond acceptors (Lipinski definition) is 3. The number of hydrogen-bond donors (Lipinski definition) is 2. The average Bonchev–Trinajstić information content (AvgIpc) is 2.65. The van der Waals surface area contributed by atoms with Gasteiger partial charge in [-0.05, 0) is 43.5 Å². The van der Waals surface area contributed by atoms with Crippen molar-refractivity contribution in [2.75, 3.05) is 24.3 Å². The van der Waals surface area contributed by atoms with Gasteiger partial charge in [-0.1, -0.05) is 0 Å². The molecule has 0 bridgehead atoms. The minimum Gasteiger partial charge on any atom is -0.391 e. The van der Waals surface area contributed by atoms with E-state index in [1.165, 1.54) is 5.69 Å². The van der Waals surface area contributed by atoms with Crippen molar-refractivity contribution in [3.05, 3.63) is 24.3 Å². The summed E-state index contributed by atoms with van der Waals surface area (Å²) in [4.78, 5) is 2.08. The molecule has 1 aromatic rings. The van der Waals surface area contributed by atoms with Crippen LogP contribution in [0.1, 0.15) is 19.3 Å². The normalized spacial score (nSPS) is 24.4. The van der Waals surface area contributed by atoms with E-state index in [-0.39, 0.29) is 12.1 Å². The predicted molar refractivity (Wildman–Crippen MR) is 68.0 cm³/mol. The van der Waals surface area contributed by atoms with E-state index < -0.39 is 0 Å². The molecule has 1 aromatic carbocycles. The van der Waals surface area contributed by atoms with Gasteiger partial charge in [0, 0.05) is 25.5 Å². The Kier molecular flexibility index (Phi) is 3.34. The molecule has 0 heterocycles. The molecule has 0 spiro atoms. The maximum Gasteiger partial charge on any atom is 0.0741 e. The summed E-state index contributed by atoms with van der Waals surface area (Å²) in [5.41, 5.74) is 2.29. The fourth-order valence-corrected chi connectivity index (χ4v) is 2.18. The van der Waals surface area contributed by atoms with Crippen molar-refractivity contribution in [2.45, 2.75) is 31.4 Å².